The van der Waals surface area contributed by atoms with Crippen molar-refractivity contribution in [1.82, 2.24) is 9.78 Å². The van der Waals surface area contributed by atoms with Gasteiger partial charge in [0, 0.05) is 29.4 Å². The van der Waals surface area contributed by atoms with Crippen LogP contribution in [0, 0.1) is 13.8 Å². The first-order valence-corrected chi connectivity index (χ1v) is 7.77. The molecule has 1 aliphatic rings. The van der Waals surface area contributed by atoms with E-state index in [0.717, 1.165) is 11.3 Å². The fourth-order valence-corrected chi connectivity index (χ4v) is 3.28. The van der Waals surface area contributed by atoms with Gasteiger partial charge in [0.2, 0.25) is 5.91 Å². The van der Waals surface area contributed by atoms with Crippen LogP contribution < -0.4 is 4.90 Å². The van der Waals surface area contributed by atoms with Crippen molar-refractivity contribution < 1.29 is 18.7 Å². The van der Waals surface area contributed by atoms with Gasteiger partial charge < -0.3 is 10.0 Å². The standard InChI is InChI=1S/C17H19F2N3O2/c1-10-14(11(2)22(20-10)17(18)19)7-16(24)21-8-12(9-23)13-5-3-4-6-15(13)21/h3-6,12,17,23H,7-9H2,1-2H3. The van der Waals surface area contributed by atoms with Crippen molar-refractivity contribution in [3.05, 3.63) is 46.8 Å². The molecule has 1 aliphatic heterocycles. The van der Waals surface area contributed by atoms with Crippen molar-refractivity contribution in [2.45, 2.75) is 32.7 Å². The van der Waals surface area contributed by atoms with Crippen LogP contribution >= 0.6 is 0 Å². The molecule has 1 unspecified atom stereocenters. The summed E-state index contributed by atoms with van der Waals surface area (Å²) in [4.78, 5) is 14.4. The Balaban J connectivity index is 1.87. The fourth-order valence-electron chi connectivity index (χ4n) is 3.28. The first-order valence-electron chi connectivity index (χ1n) is 7.77. The molecular weight excluding hydrogens is 316 g/mol. The van der Waals surface area contributed by atoms with Gasteiger partial charge in [-0.1, -0.05) is 18.2 Å². The average Bonchev–Trinajstić information content (AvgIpc) is 3.07. The predicted octanol–water partition coefficient (Wildman–Crippen LogP) is 2.56. The lowest BCUT2D eigenvalue weighted by Crippen LogP contribution is -2.32. The van der Waals surface area contributed by atoms with Gasteiger partial charge in [-0.25, -0.2) is 4.68 Å². The molecule has 1 aromatic heterocycles. The number of carbonyl (C=O) groups is 1. The maximum atomic E-state index is 12.9. The second-order valence-electron chi connectivity index (χ2n) is 5.99. The summed E-state index contributed by atoms with van der Waals surface area (Å²) < 4.78 is 26.5. The molecule has 0 saturated heterocycles. The van der Waals surface area contributed by atoms with E-state index in [1.54, 1.807) is 18.7 Å². The first-order chi connectivity index (χ1) is 11.4. The van der Waals surface area contributed by atoms with E-state index in [9.17, 15) is 18.7 Å². The molecule has 0 aliphatic carbocycles. The summed E-state index contributed by atoms with van der Waals surface area (Å²) in [5.41, 5.74) is 2.99. The van der Waals surface area contributed by atoms with Crippen molar-refractivity contribution in [1.29, 1.82) is 0 Å². The number of hydrogen-bond acceptors (Lipinski definition) is 3. The van der Waals surface area contributed by atoms with E-state index < -0.39 is 6.55 Å². The van der Waals surface area contributed by atoms with E-state index >= 15 is 0 Å². The minimum Gasteiger partial charge on any atom is -0.396 e. The highest BCUT2D eigenvalue weighted by molar-refractivity contribution is 5.97. The van der Waals surface area contributed by atoms with Crippen LogP contribution in [0.3, 0.4) is 0 Å². The number of anilines is 1. The molecule has 1 atom stereocenters. The Morgan fingerprint density at radius 3 is 2.71 bits per heavy atom. The van der Waals surface area contributed by atoms with E-state index in [1.807, 2.05) is 24.3 Å². The second kappa shape index (κ2) is 6.32. The molecule has 1 N–H and O–H groups in total. The number of rotatable bonds is 4. The zero-order valence-electron chi connectivity index (χ0n) is 13.5. The number of benzene rings is 1. The van der Waals surface area contributed by atoms with Gasteiger partial charge in [-0.15, -0.1) is 0 Å². The molecule has 24 heavy (non-hydrogen) atoms. The Hall–Kier alpha value is -2.28. The zero-order valence-corrected chi connectivity index (χ0v) is 13.5. The maximum absolute atomic E-state index is 12.9. The molecule has 0 fully saturated rings. The number of alkyl halides is 2. The number of halogens is 2. The monoisotopic (exact) mass is 335 g/mol. The molecule has 1 amide bonds. The van der Waals surface area contributed by atoms with E-state index in [2.05, 4.69) is 5.10 Å². The lowest BCUT2D eigenvalue weighted by Gasteiger charge is -2.18. The highest BCUT2D eigenvalue weighted by Crippen LogP contribution is 2.36. The number of aryl methyl sites for hydroxylation is 1. The molecule has 1 aromatic carbocycles. The smallest absolute Gasteiger partial charge is 0.333 e. The quantitative estimate of drug-likeness (QED) is 0.934. The number of aromatic nitrogens is 2. The summed E-state index contributed by atoms with van der Waals surface area (Å²) in [6.45, 7) is 0.809. The van der Waals surface area contributed by atoms with Gasteiger partial charge >= 0.3 is 6.55 Å². The summed E-state index contributed by atoms with van der Waals surface area (Å²) >= 11 is 0. The molecule has 2 heterocycles. The van der Waals surface area contributed by atoms with Crippen molar-refractivity contribution in [3.63, 3.8) is 0 Å². The Bertz CT molecular complexity index is 773. The van der Waals surface area contributed by atoms with Crippen molar-refractivity contribution >= 4 is 11.6 Å². The summed E-state index contributed by atoms with van der Waals surface area (Å²) in [5.74, 6) is -0.297. The van der Waals surface area contributed by atoms with Crippen LogP contribution in [-0.4, -0.2) is 33.9 Å². The third-order valence-corrected chi connectivity index (χ3v) is 4.58. The third kappa shape index (κ3) is 2.69. The maximum Gasteiger partial charge on any atom is 0.333 e. The molecule has 5 nitrogen and oxygen atoms in total. The molecule has 7 heteroatoms. The number of carbonyl (C=O) groups excluding carboxylic acids is 1. The Labute approximate surface area is 138 Å². The summed E-state index contributed by atoms with van der Waals surface area (Å²) in [6, 6.07) is 7.45. The van der Waals surface area contributed by atoms with Gasteiger partial charge in [0.05, 0.1) is 18.7 Å². The Morgan fingerprint density at radius 2 is 2.08 bits per heavy atom. The van der Waals surface area contributed by atoms with Crippen LogP contribution in [0.1, 0.15) is 35.0 Å². The Kier molecular flexibility index (Phi) is 4.36. The second-order valence-corrected chi connectivity index (χ2v) is 5.99. The van der Waals surface area contributed by atoms with Gasteiger partial charge in [0.15, 0.2) is 0 Å². The highest BCUT2D eigenvalue weighted by atomic mass is 19.3. The van der Waals surface area contributed by atoms with Gasteiger partial charge in [-0.3, -0.25) is 4.79 Å². The van der Waals surface area contributed by atoms with Crippen LogP contribution in [0.4, 0.5) is 14.5 Å². The molecule has 3 rings (SSSR count). The van der Waals surface area contributed by atoms with Gasteiger partial charge in [-0.05, 0) is 25.5 Å². The number of aliphatic hydroxyl groups excluding tert-OH is 1. The van der Waals surface area contributed by atoms with E-state index in [-0.39, 0.29) is 24.9 Å². The predicted molar refractivity (Wildman–Crippen MR) is 85.3 cm³/mol. The van der Waals surface area contributed by atoms with E-state index in [4.69, 9.17) is 0 Å². The van der Waals surface area contributed by atoms with Gasteiger partial charge in [-0.2, -0.15) is 13.9 Å². The largest absolute Gasteiger partial charge is 0.396 e. The SMILES string of the molecule is Cc1nn(C(F)F)c(C)c1CC(=O)N1CC(CO)c2ccccc21. The van der Waals surface area contributed by atoms with Gasteiger partial charge in [0.1, 0.15) is 0 Å². The van der Waals surface area contributed by atoms with Crippen LogP contribution in [0.5, 0.6) is 0 Å². The third-order valence-electron chi connectivity index (χ3n) is 4.58. The summed E-state index contributed by atoms with van der Waals surface area (Å²) in [7, 11) is 0. The number of para-hydroxylation sites is 1. The average molecular weight is 335 g/mol. The number of hydrogen-bond donors (Lipinski definition) is 1. The molecule has 0 radical (unpaired) electrons. The number of fused-ring (bicyclic) bond motifs is 1. The number of aliphatic hydroxyl groups is 1. The van der Waals surface area contributed by atoms with E-state index in [1.165, 1.54) is 0 Å². The minimum absolute atomic E-state index is 0.0108. The lowest BCUT2D eigenvalue weighted by molar-refractivity contribution is -0.118. The molecule has 0 spiro atoms. The molecule has 2 aromatic rings. The molecule has 0 saturated carbocycles. The lowest BCUT2D eigenvalue weighted by atomic mass is 10.0. The van der Waals surface area contributed by atoms with E-state index in [0.29, 0.717) is 28.2 Å². The molecular formula is C17H19F2N3O2. The Morgan fingerprint density at radius 1 is 1.38 bits per heavy atom. The van der Waals surface area contributed by atoms with Crippen molar-refractivity contribution in [2.24, 2.45) is 0 Å². The van der Waals surface area contributed by atoms with Gasteiger partial charge in [0.25, 0.3) is 0 Å². The highest BCUT2D eigenvalue weighted by Gasteiger charge is 2.32. The molecule has 0 bridgehead atoms. The normalized spacial score (nSPS) is 16.8. The number of amides is 1. The summed E-state index contributed by atoms with van der Waals surface area (Å²) in [5, 5.41) is 13.3. The molecule has 128 valence electrons. The van der Waals surface area contributed by atoms with Crippen molar-refractivity contribution in [2.75, 3.05) is 18.1 Å². The number of nitrogens with zero attached hydrogens (tertiary/aromatic N) is 3. The summed E-state index contributed by atoms with van der Waals surface area (Å²) in [6.07, 6.45) is 0.0108. The van der Waals surface area contributed by atoms with Crippen LogP contribution in [0.2, 0.25) is 0 Å². The minimum atomic E-state index is -2.72. The van der Waals surface area contributed by atoms with Crippen LogP contribution in [-0.2, 0) is 11.2 Å². The van der Waals surface area contributed by atoms with Crippen LogP contribution in [0.25, 0.3) is 0 Å². The topological polar surface area (TPSA) is 58.4 Å². The zero-order chi connectivity index (χ0) is 17.4. The van der Waals surface area contributed by atoms with Crippen molar-refractivity contribution in [3.8, 4) is 0 Å². The fraction of sp³-hybridized carbons (Fsp3) is 0.412. The first kappa shape index (κ1) is 16.6. The van der Waals surface area contributed by atoms with Crippen LogP contribution in [0.15, 0.2) is 24.3 Å².